The van der Waals surface area contributed by atoms with E-state index in [0.717, 1.165) is 23.9 Å². The average molecular weight is 633 g/mol. The number of hydrogen-bond donors (Lipinski definition) is 1. The molecule has 1 heterocycles. The van der Waals surface area contributed by atoms with Crippen molar-refractivity contribution in [1.82, 2.24) is 0 Å². The summed E-state index contributed by atoms with van der Waals surface area (Å²) < 4.78 is 44.3. The van der Waals surface area contributed by atoms with Crippen LogP contribution in [-0.4, -0.2) is 62.6 Å². The molecule has 1 aliphatic heterocycles. The van der Waals surface area contributed by atoms with Gasteiger partial charge in [0.25, 0.3) is 0 Å². The number of aliphatic hydroxyl groups is 1. The molecule has 230 valence electrons. The molecule has 0 spiro atoms. The van der Waals surface area contributed by atoms with Crippen molar-refractivity contribution >= 4 is 51.7 Å². The fourth-order valence-corrected chi connectivity index (χ4v) is 10.4. The summed E-state index contributed by atoms with van der Waals surface area (Å²) in [6.45, 7) is 5.48. The summed E-state index contributed by atoms with van der Waals surface area (Å²) in [6, 6.07) is 0. The molecule has 0 aromatic carbocycles. The minimum atomic E-state index is -2.41. The number of esters is 2. The molecule has 0 bridgehead atoms. The Labute approximate surface area is 258 Å². The van der Waals surface area contributed by atoms with Crippen LogP contribution < -0.4 is 0 Å². The van der Waals surface area contributed by atoms with E-state index in [9.17, 15) is 24.3 Å². The van der Waals surface area contributed by atoms with Crippen molar-refractivity contribution in [3.8, 4) is 0 Å². The first-order chi connectivity index (χ1) is 20.2. The molecule has 1 N–H and O–H groups in total. The van der Waals surface area contributed by atoms with Gasteiger partial charge in [0.1, 0.15) is 11.4 Å². The van der Waals surface area contributed by atoms with Gasteiger partial charge in [-0.2, -0.15) is 0 Å². The molecular weight excluding hydrogens is 598 g/mol. The number of thiocarbonyl (C=S) groups is 1. The molecule has 43 heavy (non-hydrogen) atoms. The lowest BCUT2D eigenvalue weighted by atomic mass is 9.45. The smallest absolute Gasteiger partial charge is 0.344 e. The van der Waals surface area contributed by atoms with Crippen molar-refractivity contribution in [2.45, 2.75) is 76.1 Å². The number of aliphatic hydroxyl groups excluding tert-OH is 1. The molecule has 3 saturated carbocycles. The maximum atomic E-state index is 17.9. The number of ether oxygens (including phenoxy) is 2. The van der Waals surface area contributed by atoms with Gasteiger partial charge in [-0.1, -0.05) is 50.0 Å². The Kier molecular flexibility index (Phi) is 7.49. The van der Waals surface area contributed by atoms with E-state index in [1.165, 1.54) is 13.0 Å². The number of hydrogen-bond acceptors (Lipinski definition) is 9. The number of fused-ring (bicyclic) bond motifs is 5. The molecule has 11 heteroatoms. The molecule has 1 saturated heterocycles. The van der Waals surface area contributed by atoms with Crippen LogP contribution in [0.15, 0.2) is 47.3 Å². The van der Waals surface area contributed by atoms with E-state index in [0.29, 0.717) is 24.1 Å². The van der Waals surface area contributed by atoms with Gasteiger partial charge in [0.15, 0.2) is 16.5 Å². The minimum Gasteiger partial charge on any atom is -0.465 e. The molecule has 5 aliphatic carbocycles. The largest absolute Gasteiger partial charge is 0.465 e. The van der Waals surface area contributed by atoms with Gasteiger partial charge < -0.3 is 14.6 Å². The maximum absolute atomic E-state index is 17.9. The summed E-state index contributed by atoms with van der Waals surface area (Å²) in [7, 11) is 0. The molecule has 0 unspecified atom stereocenters. The van der Waals surface area contributed by atoms with Crippen LogP contribution in [0.2, 0.25) is 0 Å². The van der Waals surface area contributed by atoms with Gasteiger partial charge in [-0.15, -0.1) is 0 Å². The fraction of sp³-hybridized carbons (Fsp3) is 0.594. The Hall–Kier alpha value is -2.50. The molecule has 4 fully saturated rings. The lowest BCUT2D eigenvalue weighted by molar-refractivity contribution is -0.201. The van der Waals surface area contributed by atoms with E-state index in [1.807, 2.05) is 13.8 Å². The van der Waals surface area contributed by atoms with Gasteiger partial charge in [-0.05, 0) is 67.2 Å². The van der Waals surface area contributed by atoms with Crippen LogP contribution in [0.5, 0.6) is 0 Å². The Bertz CT molecular complexity index is 1450. The molecular formula is C32H34F2O7S2. The van der Waals surface area contributed by atoms with Crippen molar-refractivity contribution in [1.29, 1.82) is 0 Å². The third-order valence-electron chi connectivity index (χ3n) is 10.9. The van der Waals surface area contributed by atoms with Gasteiger partial charge >= 0.3 is 11.9 Å². The zero-order chi connectivity index (χ0) is 31.1. The predicted octanol–water partition coefficient (Wildman–Crippen LogP) is 4.87. The van der Waals surface area contributed by atoms with Crippen molar-refractivity contribution in [3.63, 3.8) is 0 Å². The van der Waals surface area contributed by atoms with Gasteiger partial charge in [0.2, 0.25) is 5.78 Å². The van der Waals surface area contributed by atoms with Crippen molar-refractivity contribution in [2.24, 2.45) is 34.5 Å². The van der Waals surface area contributed by atoms with Gasteiger partial charge in [-0.25, -0.2) is 13.6 Å². The van der Waals surface area contributed by atoms with E-state index >= 15 is 8.78 Å². The highest BCUT2D eigenvalue weighted by Crippen LogP contribution is 2.70. The second kappa shape index (κ2) is 10.5. The standard InChI is InChI=1S/C32H34F2O7S2/c1-15-10-17-18-11-20(33)19-12-21(35)22(41-27(37)16-6-4-5-7-23(16)42)13-31(19,3)32(18,34)25(36)14-30(17,2)26(15)29(39)43-24-8-9-40-28(24)38/h4-6,12-13,15,17-18,20,24-26,36H,7-11,14H2,1-3H3/t15-,17+,18-,20+,24+,25+,26+,30+,31+,32+/m1/s1. The van der Waals surface area contributed by atoms with E-state index in [2.05, 4.69) is 0 Å². The quantitative estimate of drug-likeness (QED) is 0.343. The summed E-state index contributed by atoms with van der Waals surface area (Å²) in [5.41, 5.74) is -5.04. The molecule has 0 amide bonds. The van der Waals surface area contributed by atoms with Gasteiger partial charge in [0, 0.05) is 29.5 Å². The zero-order valence-electron chi connectivity index (χ0n) is 24.1. The van der Waals surface area contributed by atoms with E-state index in [1.54, 1.807) is 12.2 Å². The number of allylic oxidation sites excluding steroid dienone is 6. The first-order valence-corrected chi connectivity index (χ1v) is 16.0. The fourth-order valence-electron chi connectivity index (χ4n) is 8.90. The van der Waals surface area contributed by atoms with Crippen LogP contribution in [0.4, 0.5) is 8.78 Å². The second-order valence-electron chi connectivity index (χ2n) is 13.2. The lowest BCUT2D eigenvalue weighted by Gasteiger charge is -2.62. The normalized spacial score (nSPS) is 43.5. The first-order valence-electron chi connectivity index (χ1n) is 14.7. The predicted molar refractivity (Wildman–Crippen MR) is 158 cm³/mol. The number of rotatable bonds is 4. The van der Waals surface area contributed by atoms with Gasteiger partial charge in [0.05, 0.1) is 23.7 Å². The number of carbonyl (C=O) groups excluding carboxylic acids is 4. The summed E-state index contributed by atoms with van der Waals surface area (Å²) in [5.74, 6) is -4.69. The van der Waals surface area contributed by atoms with Crippen LogP contribution in [0, 0.1) is 34.5 Å². The molecule has 6 rings (SSSR count). The first kappa shape index (κ1) is 30.5. The van der Waals surface area contributed by atoms with Crippen molar-refractivity contribution in [3.05, 3.63) is 47.3 Å². The third-order valence-corrected chi connectivity index (χ3v) is 12.4. The number of thioether (sulfide) groups is 1. The van der Waals surface area contributed by atoms with E-state index < -0.39 is 75.3 Å². The van der Waals surface area contributed by atoms with Crippen LogP contribution in [0.3, 0.4) is 0 Å². The summed E-state index contributed by atoms with van der Waals surface area (Å²) in [6.07, 6.45) is 4.69. The lowest BCUT2D eigenvalue weighted by Crippen LogP contribution is -2.68. The molecule has 7 nitrogen and oxygen atoms in total. The molecule has 10 atom stereocenters. The van der Waals surface area contributed by atoms with Gasteiger partial charge in [-0.3, -0.25) is 14.4 Å². The van der Waals surface area contributed by atoms with Crippen molar-refractivity contribution < 1.29 is 42.5 Å². The number of alkyl halides is 2. The average Bonchev–Trinajstić information content (AvgIpc) is 3.45. The number of ketones is 1. The Morgan fingerprint density at radius 2 is 1.95 bits per heavy atom. The molecule has 0 aromatic heterocycles. The van der Waals surface area contributed by atoms with Crippen LogP contribution in [0.25, 0.3) is 0 Å². The number of halogens is 2. The summed E-state index contributed by atoms with van der Waals surface area (Å²) in [4.78, 5) is 52.0. The third kappa shape index (κ3) is 4.47. The van der Waals surface area contributed by atoms with Crippen molar-refractivity contribution in [2.75, 3.05) is 6.61 Å². The van der Waals surface area contributed by atoms with Crippen LogP contribution in [0.1, 0.15) is 52.9 Å². The van der Waals surface area contributed by atoms with Crippen LogP contribution >= 0.6 is 24.0 Å². The highest BCUT2D eigenvalue weighted by Gasteiger charge is 2.73. The Morgan fingerprint density at radius 3 is 2.63 bits per heavy atom. The number of cyclic esters (lactones) is 1. The molecule has 0 radical (unpaired) electrons. The van der Waals surface area contributed by atoms with E-state index in [4.69, 9.17) is 21.7 Å². The summed E-state index contributed by atoms with van der Waals surface area (Å²) in [5, 5.41) is 10.9. The minimum absolute atomic E-state index is 0.0642. The summed E-state index contributed by atoms with van der Waals surface area (Å²) >= 11 is 6.20. The molecule has 0 aromatic rings. The zero-order valence-corrected chi connectivity index (χ0v) is 25.8. The highest BCUT2D eigenvalue weighted by molar-refractivity contribution is 8.14. The topological polar surface area (TPSA) is 107 Å². The SMILES string of the molecule is C[C@@H]1C[C@H]2[C@H]3C[C@H](F)C4=CC(=O)C(OC(=O)C5=CC=CCC5=S)=C[C@]4(C)[C@@]3(F)[C@@H](O)C[C@]2(C)[C@@H]1C(=O)S[C@H]1CCOC1=O. The maximum Gasteiger partial charge on any atom is 0.344 e. The molecule has 6 aliphatic rings. The Balaban J connectivity index is 1.34. The van der Waals surface area contributed by atoms with Crippen LogP contribution in [-0.2, 0) is 28.7 Å². The van der Waals surface area contributed by atoms with E-state index in [-0.39, 0.29) is 41.6 Å². The number of carbonyl (C=O) groups is 4. The monoisotopic (exact) mass is 632 g/mol. The second-order valence-corrected chi connectivity index (χ2v) is 14.9. The highest BCUT2D eigenvalue weighted by atomic mass is 32.2. The Morgan fingerprint density at radius 1 is 1.21 bits per heavy atom.